The molecule has 0 saturated carbocycles. The maximum absolute atomic E-state index is 13.7. The molecule has 6 heteroatoms. The van der Waals surface area contributed by atoms with Gasteiger partial charge in [-0.1, -0.05) is 49.3 Å². The fourth-order valence-electron chi connectivity index (χ4n) is 2.00. The van der Waals surface area contributed by atoms with Crippen molar-refractivity contribution in [3.8, 4) is 12.3 Å². The van der Waals surface area contributed by atoms with Gasteiger partial charge in [-0.3, -0.25) is 0 Å². The number of ether oxygens (including phenoxy) is 2. The van der Waals surface area contributed by atoms with E-state index in [1.807, 2.05) is 0 Å². The molecular formula is C17H17F3O3. The van der Waals surface area contributed by atoms with Gasteiger partial charge in [0.05, 0.1) is 0 Å². The van der Waals surface area contributed by atoms with Crippen molar-refractivity contribution in [3.63, 3.8) is 0 Å². The van der Waals surface area contributed by atoms with E-state index in [4.69, 9.17) is 11.2 Å². The van der Waals surface area contributed by atoms with Crippen LogP contribution < -0.4 is 0 Å². The van der Waals surface area contributed by atoms with Gasteiger partial charge in [0, 0.05) is 18.6 Å². The molecule has 0 aliphatic heterocycles. The third-order valence-electron chi connectivity index (χ3n) is 3.42. The lowest BCUT2D eigenvalue weighted by molar-refractivity contribution is -0.277. The van der Waals surface area contributed by atoms with Crippen LogP contribution in [0.3, 0.4) is 0 Å². The zero-order chi connectivity index (χ0) is 17.7. The number of methoxy groups -OCH3 is 1. The molecule has 3 nitrogen and oxygen atoms in total. The summed E-state index contributed by atoms with van der Waals surface area (Å²) >= 11 is 0. The number of hydrogen-bond acceptors (Lipinski definition) is 3. The molecule has 0 N–H and O–H groups in total. The standard InChI is InChI=1S/C17H17F3O3/c1-5-12(3)14(6-2)23-15(21)16(22-4,17(18,19)20)13-10-8-7-9-11-13/h2,5,7-12,14H,1H2,3-4H3/t12-,14-,16?/m1/s1. The largest absolute Gasteiger partial charge is 0.446 e. The van der Waals surface area contributed by atoms with Crippen LogP contribution in [0.15, 0.2) is 43.0 Å². The Hall–Kier alpha value is -2.26. The van der Waals surface area contributed by atoms with E-state index >= 15 is 0 Å². The van der Waals surface area contributed by atoms with E-state index in [0.29, 0.717) is 0 Å². The van der Waals surface area contributed by atoms with Crippen LogP contribution in [0.25, 0.3) is 0 Å². The second-order valence-electron chi connectivity index (χ2n) is 4.84. The van der Waals surface area contributed by atoms with Gasteiger partial charge in [-0.2, -0.15) is 13.2 Å². The Labute approximate surface area is 133 Å². The van der Waals surface area contributed by atoms with Crippen molar-refractivity contribution in [2.45, 2.75) is 24.8 Å². The first-order chi connectivity index (χ1) is 10.7. The third kappa shape index (κ3) is 3.57. The fourth-order valence-corrected chi connectivity index (χ4v) is 2.00. The van der Waals surface area contributed by atoms with Gasteiger partial charge in [-0.05, 0) is 0 Å². The Bertz CT molecular complexity index is 589. The number of carbonyl (C=O) groups excluding carboxylic acids is 1. The van der Waals surface area contributed by atoms with Crippen molar-refractivity contribution in [3.05, 3.63) is 48.6 Å². The molecular weight excluding hydrogens is 309 g/mol. The van der Waals surface area contributed by atoms with E-state index in [1.54, 1.807) is 6.92 Å². The highest BCUT2D eigenvalue weighted by molar-refractivity contribution is 5.83. The van der Waals surface area contributed by atoms with Gasteiger partial charge in [0.15, 0.2) is 6.10 Å². The van der Waals surface area contributed by atoms with Gasteiger partial charge in [0.2, 0.25) is 0 Å². The normalized spacial score (nSPS) is 16.5. The predicted molar refractivity (Wildman–Crippen MR) is 79.3 cm³/mol. The number of hydrogen-bond donors (Lipinski definition) is 0. The zero-order valence-corrected chi connectivity index (χ0v) is 12.8. The van der Waals surface area contributed by atoms with Crippen LogP contribution in [-0.4, -0.2) is 25.4 Å². The van der Waals surface area contributed by atoms with Crippen LogP contribution in [0.2, 0.25) is 0 Å². The summed E-state index contributed by atoms with van der Waals surface area (Å²) in [5.41, 5.74) is -3.63. The van der Waals surface area contributed by atoms with Crippen LogP contribution in [0, 0.1) is 18.3 Å². The van der Waals surface area contributed by atoms with Crippen LogP contribution in [0.1, 0.15) is 12.5 Å². The quantitative estimate of drug-likeness (QED) is 0.456. The summed E-state index contributed by atoms with van der Waals surface area (Å²) in [6.07, 6.45) is 0.413. The maximum Gasteiger partial charge on any atom is 0.432 e. The first-order valence-corrected chi connectivity index (χ1v) is 6.71. The topological polar surface area (TPSA) is 35.5 Å². The molecule has 0 heterocycles. The Morgan fingerprint density at radius 2 is 1.91 bits per heavy atom. The second kappa shape index (κ2) is 7.34. The molecule has 0 aliphatic carbocycles. The lowest BCUT2D eigenvalue weighted by atomic mass is 9.92. The van der Waals surface area contributed by atoms with E-state index < -0.39 is 29.8 Å². The number of rotatable bonds is 6. The molecule has 0 aliphatic rings. The van der Waals surface area contributed by atoms with Gasteiger partial charge in [0.25, 0.3) is 5.60 Å². The first-order valence-electron chi connectivity index (χ1n) is 6.71. The Kier molecular flexibility index (Phi) is 5.99. The van der Waals surface area contributed by atoms with Gasteiger partial charge in [-0.25, -0.2) is 4.79 Å². The summed E-state index contributed by atoms with van der Waals surface area (Å²) in [7, 11) is 0.795. The van der Waals surface area contributed by atoms with Crippen molar-refractivity contribution < 1.29 is 27.4 Å². The van der Waals surface area contributed by atoms with E-state index in [0.717, 1.165) is 19.2 Å². The van der Waals surface area contributed by atoms with Gasteiger partial charge in [0.1, 0.15) is 0 Å². The molecule has 0 aromatic heterocycles. The minimum absolute atomic E-state index is 0.387. The number of esters is 1. The molecule has 0 amide bonds. The molecule has 1 unspecified atom stereocenters. The first kappa shape index (κ1) is 18.8. The number of alkyl halides is 3. The smallest absolute Gasteiger partial charge is 0.432 e. The van der Waals surface area contributed by atoms with Gasteiger partial charge < -0.3 is 9.47 Å². The molecule has 0 fully saturated rings. The summed E-state index contributed by atoms with van der Waals surface area (Å²) in [5, 5.41) is 0. The highest BCUT2D eigenvalue weighted by Crippen LogP contribution is 2.43. The minimum atomic E-state index is -5.03. The summed E-state index contributed by atoms with van der Waals surface area (Å²) in [6, 6.07) is 6.54. The summed E-state index contributed by atoms with van der Waals surface area (Å²) in [6.45, 7) is 5.06. The average molecular weight is 326 g/mol. The zero-order valence-electron chi connectivity index (χ0n) is 12.8. The average Bonchev–Trinajstić information content (AvgIpc) is 2.52. The highest BCUT2D eigenvalue weighted by atomic mass is 19.4. The Balaban J connectivity index is 3.34. The molecule has 0 spiro atoms. The SMILES string of the molecule is C#C[C@@H](OC(=O)C(OC)(c1ccccc1)C(F)(F)F)[C@H](C)C=C. The van der Waals surface area contributed by atoms with Crippen LogP contribution in [-0.2, 0) is 19.9 Å². The second-order valence-corrected chi connectivity index (χ2v) is 4.84. The van der Waals surface area contributed by atoms with Crippen LogP contribution in [0.4, 0.5) is 13.2 Å². The summed E-state index contributed by atoms with van der Waals surface area (Å²) in [4.78, 5) is 12.3. The number of benzene rings is 1. The van der Waals surface area contributed by atoms with Crippen LogP contribution >= 0.6 is 0 Å². The molecule has 0 radical (unpaired) electrons. The predicted octanol–water partition coefficient (Wildman–Crippen LogP) is 3.46. The van der Waals surface area contributed by atoms with E-state index in [-0.39, 0.29) is 5.56 Å². The van der Waals surface area contributed by atoms with Crippen molar-refractivity contribution in [1.82, 2.24) is 0 Å². The number of carbonyl (C=O) groups is 1. The Morgan fingerprint density at radius 1 is 1.35 bits per heavy atom. The summed E-state index contributed by atoms with van der Waals surface area (Å²) in [5.74, 6) is 0.0186. The Morgan fingerprint density at radius 3 is 2.30 bits per heavy atom. The maximum atomic E-state index is 13.7. The molecule has 23 heavy (non-hydrogen) atoms. The number of halogens is 3. The molecule has 1 rings (SSSR count). The minimum Gasteiger partial charge on any atom is -0.446 e. The van der Waals surface area contributed by atoms with Crippen molar-refractivity contribution in [2.75, 3.05) is 7.11 Å². The van der Waals surface area contributed by atoms with E-state index in [2.05, 4.69) is 17.2 Å². The van der Waals surface area contributed by atoms with E-state index in [9.17, 15) is 18.0 Å². The van der Waals surface area contributed by atoms with Crippen molar-refractivity contribution in [1.29, 1.82) is 0 Å². The molecule has 0 bridgehead atoms. The molecule has 124 valence electrons. The highest BCUT2D eigenvalue weighted by Gasteiger charge is 2.64. The third-order valence-corrected chi connectivity index (χ3v) is 3.42. The van der Waals surface area contributed by atoms with Gasteiger partial charge >= 0.3 is 12.1 Å². The monoisotopic (exact) mass is 326 g/mol. The van der Waals surface area contributed by atoms with Crippen LogP contribution in [0.5, 0.6) is 0 Å². The molecule has 3 atom stereocenters. The summed E-state index contributed by atoms with van der Waals surface area (Å²) < 4.78 is 50.5. The molecule has 0 saturated heterocycles. The van der Waals surface area contributed by atoms with E-state index in [1.165, 1.54) is 24.3 Å². The molecule has 1 aromatic carbocycles. The fraction of sp³-hybridized carbons (Fsp3) is 0.353. The molecule has 1 aromatic rings. The van der Waals surface area contributed by atoms with Crippen molar-refractivity contribution in [2.24, 2.45) is 5.92 Å². The van der Waals surface area contributed by atoms with Gasteiger partial charge in [-0.15, -0.1) is 13.0 Å². The van der Waals surface area contributed by atoms with Crippen molar-refractivity contribution >= 4 is 5.97 Å². The number of terminal acetylenes is 1. The lowest BCUT2D eigenvalue weighted by Crippen LogP contribution is -2.52. The lowest BCUT2D eigenvalue weighted by Gasteiger charge is -2.33.